The lowest BCUT2D eigenvalue weighted by molar-refractivity contribution is -0.384. The Labute approximate surface area is 169 Å². The lowest BCUT2D eigenvalue weighted by Crippen LogP contribution is -2.06. The highest BCUT2D eigenvalue weighted by Gasteiger charge is 2.19. The molecule has 28 heavy (non-hydrogen) atoms. The van der Waals surface area contributed by atoms with Gasteiger partial charge in [0.2, 0.25) is 0 Å². The molecular formula is C20H13Cl2FN2O3. The Morgan fingerprint density at radius 1 is 1.00 bits per heavy atom. The molecule has 0 saturated carbocycles. The summed E-state index contributed by atoms with van der Waals surface area (Å²) in [7, 11) is 0. The van der Waals surface area contributed by atoms with E-state index in [0.717, 1.165) is 0 Å². The Morgan fingerprint density at radius 2 is 1.75 bits per heavy atom. The van der Waals surface area contributed by atoms with Crippen LogP contribution in [0.4, 0.5) is 21.5 Å². The van der Waals surface area contributed by atoms with Gasteiger partial charge in [-0.15, -0.1) is 0 Å². The Bertz CT molecular complexity index is 1100. The van der Waals surface area contributed by atoms with E-state index in [4.69, 9.17) is 23.2 Å². The number of benzene rings is 3. The van der Waals surface area contributed by atoms with Gasteiger partial charge >= 0.3 is 0 Å². The van der Waals surface area contributed by atoms with Crippen LogP contribution in [0.3, 0.4) is 0 Å². The van der Waals surface area contributed by atoms with Crippen molar-refractivity contribution < 1.29 is 14.1 Å². The van der Waals surface area contributed by atoms with Gasteiger partial charge in [0.25, 0.3) is 5.69 Å². The summed E-state index contributed by atoms with van der Waals surface area (Å²) in [6, 6.07) is 12.7. The molecule has 1 N–H and O–H groups in total. The summed E-state index contributed by atoms with van der Waals surface area (Å²) in [5.74, 6) is -0.876. The van der Waals surface area contributed by atoms with Crippen LogP contribution in [-0.4, -0.2) is 10.7 Å². The topological polar surface area (TPSA) is 72.2 Å². The summed E-state index contributed by atoms with van der Waals surface area (Å²) in [4.78, 5) is 23.3. The van der Waals surface area contributed by atoms with Crippen molar-refractivity contribution in [3.05, 3.63) is 97.3 Å². The molecule has 3 rings (SSSR count). The molecule has 0 aliphatic rings. The van der Waals surface area contributed by atoms with Gasteiger partial charge in [0, 0.05) is 28.9 Å². The maximum absolute atomic E-state index is 13.2. The third kappa shape index (κ3) is 4.13. The van der Waals surface area contributed by atoms with Crippen LogP contribution < -0.4 is 5.32 Å². The number of nitrogens with one attached hydrogen (secondary N) is 1. The average molecular weight is 419 g/mol. The maximum atomic E-state index is 13.2. The second-order valence-electron chi connectivity index (χ2n) is 6.03. The summed E-state index contributed by atoms with van der Waals surface area (Å²) in [5, 5.41) is 14.3. The largest absolute Gasteiger partial charge is 0.354 e. The first-order valence-electron chi connectivity index (χ1n) is 8.07. The van der Waals surface area contributed by atoms with E-state index in [1.165, 1.54) is 48.5 Å². The molecule has 0 aliphatic heterocycles. The standard InChI is InChI=1S/C20H13Cl2FN2O3/c1-11-2-5-14(25(27)28)10-16(11)20(26)15-6-4-13(9-17(15)21)24-19-7-3-12(23)8-18(19)22/h2-10,24H,1H3. The molecule has 8 heteroatoms. The van der Waals surface area contributed by atoms with Gasteiger partial charge in [-0.3, -0.25) is 14.9 Å². The summed E-state index contributed by atoms with van der Waals surface area (Å²) in [6.45, 7) is 1.69. The number of nitro groups is 1. The van der Waals surface area contributed by atoms with E-state index in [1.807, 2.05) is 0 Å². The van der Waals surface area contributed by atoms with Gasteiger partial charge in [-0.2, -0.15) is 0 Å². The summed E-state index contributed by atoms with van der Waals surface area (Å²) >= 11 is 12.3. The highest BCUT2D eigenvalue weighted by atomic mass is 35.5. The minimum atomic E-state index is -0.558. The molecule has 0 heterocycles. The molecule has 5 nitrogen and oxygen atoms in total. The maximum Gasteiger partial charge on any atom is 0.270 e. The number of carbonyl (C=O) groups excluding carboxylic acids is 1. The van der Waals surface area contributed by atoms with Crippen LogP contribution in [0, 0.1) is 22.9 Å². The van der Waals surface area contributed by atoms with E-state index < -0.39 is 16.5 Å². The number of anilines is 2. The fourth-order valence-corrected chi connectivity index (χ4v) is 3.12. The van der Waals surface area contributed by atoms with Gasteiger partial charge in [0.1, 0.15) is 5.82 Å². The van der Waals surface area contributed by atoms with E-state index in [2.05, 4.69) is 5.32 Å². The summed E-state index contributed by atoms with van der Waals surface area (Å²) < 4.78 is 13.2. The van der Waals surface area contributed by atoms with Crippen molar-refractivity contribution in [3.63, 3.8) is 0 Å². The van der Waals surface area contributed by atoms with Crippen molar-refractivity contribution in [3.8, 4) is 0 Å². The van der Waals surface area contributed by atoms with Crippen molar-refractivity contribution in [1.82, 2.24) is 0 Å². The molecule has 0 unspecified atom stereocenters. The minimum absolute atomic E-state index is 0.166. The highest BCUT2D eigenvalue weighted by Crippen LogP contribution is 2.30. The first-order valence-corrected chi connectivity index (χ1v) is 8.83. The van der Waals surface area contributed by atoms with Crippen LogP contribution in [0.25, 0.3) is 0 Å². The van der Waals surface area contributed by atoms with Crippen molar-refractivity contribution in [2.75, 3.05) is 5.32 Å². The van der Waals surface area contributed by atoms with E-state index in [-0.39, 0.29) is 26.9 Å². The van der Waals surface area contributed by atoms with Crippen LogP contribution >= 0.6 is 23.2 Å². The Hall–Kier alpha value is -2.96. The zero-order valence-corrected chi connectivity index (χ0v) is 16.0. The van der Waals surface area contributed by atoms with Crippen molar-refractivity contribution in [2.24, 2.45) is 0 Å². The molecule has 3 aromatic carbocycles. The first-order chi connectivity index (χ1) is 13.3. The second-order valence-corrected chi connectivity index (χ2v) is 6.84. The monoisotopic (exact) mass is 418 g/mol. The van der Waals surface area contributed by atoms with Gasteiger partial charge in [-0.1, -0.05) is 29.3 Å². The molecule has 0 radical (unpaired) electrons. The molecule has 0 bridgehead atoms. The zero-order chi connectivity index (χ0) is 20.4. The SMILES string of the molecule is Cc1ccc([N+](=O)[O-])cc1C(=O)c1ccc(Nc2ccc(F)cc2Cl)cc1Cl. The number of carbonyl (C=O) groups is 1. The number of rotatable bonds is 5. The van der Waals surface area contributed by atoms with Crippen LogP contribution in [0.1, 0.15) is 21.5 Å². The Morgan fingerprint density at radius 3 is 2.39 bits per heavy atom. The molecule has 142 valence electrons. The zero-order valence-electron chi connectivity index (χ0n) is 14.5. The molecule has 0 aliphatic carbocycles. The predicted octanol–water partition coefficient (Wildman–Crippen LogP) is 6.32. The molecular weight excluding hydrogens is 406 g/mol. The number of halogens is 3. The summed E-state index contributed by atoms with van der Waals surface area (Å²) in [6.07, 6.45) is 0. The quantitative estimate of drug-likeness (QED) is 0.298. The fraction of sp³-hybridized carbons (Fsp3) is 0.0500. The Balaban J connectivity index is 1.91. The third-order valence-corrected chi connectivity index (χ3v) is 4.73. The minimum Gasteiger partial charge on any atom is -0.354 e. The third-order valence-electron chi connectivity index (χ3n) is 4.10. The van der Waals surface area contributed by atoms with E-state index in [1.54, 1.807) is 13.0 Å². The lowest BCUT2D eigenvalue weighted by Gasteiger charge is -2.11. The molecule has 0 atom stereocenters. The number of non-ortho nitro benzene ring substituents is 1. The van der Waals surface area contributed by atoms with E-state index in [9.17, 15) is 19.3 Å². The average Bonchev–Trinajstić information content (AvgIpc) is 2.64. The van der Waals surface area contributed by atoms with Gasteiger partial charge < -0.3 is 5.32 Å². The van der Waals surface area contributed by atoms with Crippen LogP contribution in [0.2, 0.25) is 10.0 Å². The molecule has 0 aromatic heterocycles. The van der Waals surface area contributed by atoms with Gasteiger partial charge in [0.05, 0.1) is 20.7 Å². The van der Waals surface area contributed by atoms with E-state index >= 15 is 0 Å². The van der Waals surface area contributed by atoms with Crippen LogP contribution in [-0.2, 0) is 0 Å². The van der Waals surface area contributed by atoms with Crippen molar-refractivity contribution in [2.45, 2.75) is 6.92 Å². The Kier molecular flexibility index (Phi) is 5.63. The van der Waals surface area contributed by atoms with Crippen molar-refractivity contribution >= 4 is 46.0 Å². The van der Waals surface area contributed by atoms with E-state index in [0.29, 0.717) is 16.9 Å². The molecule has 0 saturated heterocycles. The lowest BCUT2D eigenvalue weighted by atomic mass is 9.98. The highest BCUT2D eigenvalue weighted by molar-refractivity contribution is 6.35. The molecule has 0 amide bonds. The van der Waals surface area contributed by atoms with Gasteiger partial charge in [-0.25, -0.2) is 4.39 Å². The number of nitro benzene ring substituents is 1. The summed E-state index contributed by atoms with van der Waals surface area (Å²) in [5.41, 5.74) is 1.87. The number of aryl methyl sites for hydroxylation is 1. The first kappa shape index (κ1) is 19.8. The number of hydrogen-bond donors (Lipinski definition) is 1. The molecule has 3 aromatic rings. The number of hydrogen-bond acceptors (Lipinski definition) is 4. The fourth-order valence-electron chi connectivity index (χ4n) is 2.64. The molecule has 0 spiro atoms. The normalized spacial score (nSPS) is 10.6. The number of nitrogens with zero attached hydrogens (tertiary/aromatic N) is 1. The number of ketones is 1. The van der Waals surface area contributed by atoms with Crippen molar-refractivity contribution in [1.29, 1.82) is 0 Å². The molecule has 0 fully saturated rings. The predicted molar refractivity (Wildman–Crippen MR) is 107 cm³/mol. The van der Waals surface area contributed by atoms with Crippen LogP contribution in [0.15, 0.2) is 54.6 Å². The smallest absolute Gasteiger partial charge is 0.270 e. The van der Waals surface area contributed by atoms with Crippen LogP contribution in [0.5, 0.6) is 0 Å². The van der Waals surface area contributed by atoms with Gasteiger partial charge in [-0.05, 0) is 48.9 Å². The second kappa shape index (κ2) is 7.96. The van der Waals surface area contributed by atoms with Gasteiger partial charge in [0.15, 0.2) is 5.78 Å².